The summed E-state index contributed by atoms with van der Waals surface area (Å²) in [7, 11) is 0. The molecule has 0 aliphatic rings. The number of hydrogen-bond acceptors (Lipinski definition) is 2. The van der Waals surface area contributed by atoms with E-state index in [1.54, 1.807) is 17.7 Å². The van der Waals surface area contributed by atoms with Crippen molar-refractivity contribution in [3.63, 3.8) is 0 Å². The van der Waals surface area contributed by atoms with E-state index in [9.17, 15) is 9.59 Å². The van der Waals surface area contributed by atoms with Crippen molar-refractivity contribution in [1.29, 1.82) is 0 Å². The molecule has 0 aromatic carbocycles. The van der Waals surface area contributed by atoms with E-state index in [2.05, 4.69) is 25.8 Å². The number of aryl methyl sites for hydroxylation is 1. The molecule has 23 heavy (non-hydrogen) atoms. The Kier molecular flexibility index (Phi) is 8.35. The van der Waals surface area contributed by atoms with Crippen molar-refractivity contribution in [3.8, 4) is 0 Å². The van der Waals surface area contributed by atoms with Gasteiger partial charge in [0.05, 0.1) is 0 Å². The van der Waals surface area contributed by atoms with Crippen molar-refractivity contribution in [1.82, 2.24) is 9.55 Å². The summed E-state index contributed by atoms with van der Waals surface area (Å²) < 4.78 is 1.78. The van der Waals surface area contributed by atoms with Crippen LogP contribution in [0.15, 0.2) is 15.8 Å². The zero-order valence-electron chi connectivity index (χ0n) is 15.4. The van der Waals surface area contributed by atoms with Gasteiger partial charge in [0, 0.05) is 17.3 Å². The maximum absolute atomic E-state index is 12.3. The van der Waals surface area contributed by atoms with E-state index in [1.807, 2.05) is 0 Å². The van der Waals surface area contributed by atoms with Crippen LogP contribution in [0.2, 0.25) is 0 Å². The van der Waals surface area contributed by atoms with Crippen molar-refractivity contribution < 1.29 is 0 Å². The highest BCUT2D eigenvalue weighted by molar-refractivity contribution is 5.03. The van der Waals surface area contributed by atoms with Gasteiger partial charge in [0.15, 0.2) is 0 Å². The average molecular weight is 322 g/mol. The monoisotopic (exact) mass is 322 g/mol. The Balaban J connectivity index is 2.95. The van der Waals surface area contributed by atoms with Crippen LogP contribution < -0.4 is 11.2 Å². The molecule has 132 valence electrons. The van der Waals surface area contributed by atoms with Gasteiger partial charge in [0.2, 0.25) is 0 Å². The van der Waals surface area contributed by atoms with Gasteiger partial charge in [-0.2, -0.15) is 0 Å². The molecule has 0 saturated carbocycles. The molecular weight excluding hydrogens is 288 g/mol. The lowest BCUT2D eigenvalue weighted by Gasteiger charge is -2.32. The van der Waals surface area contributed by atoms with Gasteiger partial charge >= 0.3 is 5.69 Å². The Morgan fingerprint density at radius 3 is 1.96 bits per heavy atom. The van der Waals surface area contributed by atoms with E-state index < -0.39 is 0 Å². The summed E-state index contributed by atoms with van der Waals surface area (Å²) in [5.41, 5.74) is -0.134. The number of aromatic amines is 1. The summed E-state index contributed by atoms with van der Waals surface area (Å²) >= 11 is 0. The van der Waals surface area contributed by atoms with Crippen LogP contribution in [0.5, 0.6) is 0 Å². The highest BCUT2D eigenvalue weighted by atomic mass is 16.2. The number of rotatable bonds is 11. The zero-order valence-corrected chi connectivity index (χ0v) is 15.4. The first-order valence-corrected chi connectivity index (χ1v) is 9.27. The van der Waals surface area contributed by atoms with Gasteiger partial charge in [-0.25, -0.2) is 4.79 Å². The number of nitrogens with one attached hydrogen (secondary N) is 1. The summed E-state index contributed by atoms with van der Waals surface area (Å²) in [5, 5.41) is 0. The maximum Gasteiger partial charge on any atom is 0.328 e. The zero-order chi connectivity index (χ0) is 17.3. The van der Waals surface area contributed by atoms with Crippen molar-refractivity contribution in [3.05, 3.63) is 32.6 Å². The molecule has 0 aliphatic heterocycles. The number of hydrogen-bond donors (Lipinski definition) is 1. The lowest BCUT2D eigenvalue weighted by Crippen LogP contribution is -2.42. The first-order valence-electron chi connectivity index (χ1n) is 9.27. The summed E-state index contributed by atoms with van der Waals surface area (Å²) in [6.07, 6.45) is 13.3. The van der Waals surface area contributed by atoms with Crippen molar-refractivity contribution in [2.75, 3.05) is 0 Å². The van der Waals surface area contributed by atoms with Crippen LogP contribution in [-0.4, -0.2) is 9.55 Å². The lowest BCUT2D eigenvalue weighted by molar-refractivity contribution is 0.240. The van der Waals surface area contributed by atoms with Crippen LogP contribution in [0.4, 0.5) is 0 Å². The minimum Gasteiger partial charge on any atom is -0.295 e. The van der Waals surface area contributed by atoms with Crippen LogP contribution in [-0.2, 0) is 5.54 Å². The standard InChI is InChI=1S/C19H34N2O2/c1-5-7-9-11-13-19(4,14-12-10-8-6-2)21-15-16(3)17(22)20-18(21)23/h15H,5-14H2,1-4H3,(H,20,22,23). The Labute approximate surface area is 140 Å². The largest absolute Gasteiger partial charge is 0.328 e. The molecule has 0 fully saturated rings. The van der Waals surface area contributed by atoms with E-state index in [1.165, 1.54) is 38.5 Å². The van der Waals surface area contributed by atoms with E-state index in [4.69, 9.17) is 0 Å². The molecule has 0 bridgehead atoms. The third-order valence-corrected chi connectivity index (χ3v) is 4.84. The minimum absolute atomic E-state index is 0.201. The average Bonchev–Trinajstić information content (AvgIpc) is 2.52. The third kappa shape index (κ3) is 6.00. The summed E-state index contributed by atoms with van der Waals surface area (Å²) in [6.45, 7) is 8.35. The van der Waals surface area contributed by atoms with Crippen molar-refractivity contribution >= 4 is 0 Å². The smallest absolute Gasteiger partial charge is 0.295 e. The van der Waals surface area contributed by atoms with E-state index in [0.29, 0.717) is 5.56 Å². The molecular formula is C19H34N2O2. The first-order chi connectivity index (χ1) is 10.9. The maximum atomic E-state index is 12.3. The van der Waals surface area contributed by atoms with Gasteiger partial charge in [-0.3, -0.25) is 14.3 Å². The number of aromatic nitrogens is 2. The fourth-order valence-corrected chi connectivity index (χ4v) is 3.20. The van der Waals surface area contributed by atoms with E-state index in [-0.39, 0.29) is 16.8 Å². The van der Waals surface area contributed by atoms with E-state index >= 15 is 0 Å². The van der Waals surface area contributed by atoms with Crippen LogP contribution in [0, 0.1) is 6.92 Å². The molecule has 0 radical (unpaired) electrons. The van der Waals surface area contributed by atoms with Gasteiger partial charge in [0.1, 0.15) is 0 Å². The van der Waals surface area contributed by atoms with Crippen LogP contribution in [0.1, 0.15) is 90.5 Å². The molecule has 0 aliphatic carbocycles. The molecule has 0 unspecified atom stereocenters. The Bertz CT molecular complexity index is 559. The molecule has 0 spiro atoms. The normalized spacial score (nSPS) is 11.8. The Morgan fingerprint density at radius 2 is 1.48 bits per heavy atom. The Morgan fingerprint density at radius 1 is 0.957 bits per heavy atom. The summed E-state index contributed by atoms with van der Waals surface area (Å²) in [4.78, 5) is 26.4. The van der Waals surface area contributed by atoms with Gasteiger partial charge in [-0.05, 0) is 26.7 Å². The first kappa shape index (κ1) is 19.7. The number of nitrogens with zero attached hydrogens (tertiary/aromatic N) is 1. The fraction of sp³-hybridized carbons (Fsp3) is 0.789. The van der Waals surface area contributed by atoms with Crippen molar-refractivity contribution in [2.24, 2.45) is 0 Å². The van der Waals surface area contributed by atoms with Gasteiger partial charge in [-0.1, -0.05) is 65.2 Å². The molecule has 1 N–H and O–H groups in total. The minimum atomic E-state index is -0.273. The van der Waals surface area contributed by atoms with Gasteiger partial charge in [-0.15, -0.1) is 0 Å². The summed E-state index contributed by atoms with van der Waals surface area (Å²) in [6, 6.07) is 0. The van der Waals surface area contributed by atoms with Crippen LogP contribution >= 0.6 is 0 Å². The van der Waals surface area contributed by atoms with E-state index in [0.717, 1.165) is 25.7 Å². The predicted octanol–water partition coefficient (Wildman–Crippen LogP) is 4.50. The third-order valence-electron chi connectivity index (χ3n) is 4.84. The second kappa shape index (κ2) is 9.74. The van der Waals surface area contributed by atoms with Gasteiger partial charge < -0.3 is 0 Å². The highest BCUT2D eigenvalue weighted by Crippen LogP contribution is 2.29. The quantitative estimate of drug-likeness (QED) is 0.610. The molecule has 1 aromatic heterocycles. The highest BCUT2D eigenvalue weighted by Gasteiger charge is 2.27. The molecule has 4 heteroatoms. The molecule has 1 rings (SSSR count). The van der Waals surface area contributed by atoms with Gasteiger partial charge in [0.25, 0.3) is 5.56 Å². The second-order valence-electron chi connectivity index (χ2n) is 7.06. The molecule has 1 heterocycles. The topological polar surface area (TPSA) is 54.9 Å². The number of H-pyrrole nitrogens is 1. The number of unbranched alkanes of at least 4 members (excludes halogenated alkanes) is 6. The Hall–Kier alpha value is -1.32. The molecule has 1 aromatic rings. The molecule has 4 nitrogen and oxygen atoms in total. The SMILES string of the molecule is CCCCCCC(C)(CCCCCC)n1cc(C)c(=O)[nH]c1=O. The molecule has 0 saturated heterocycles. The molecule has 0 amide bonds. The molecule has 0 atom stereocenters. The van der Waals surface area contributed by atoms with Crippen molar-refractivity contribution in [2.45, 2.75) is 97.4 Å². The summed E-state index contributed by atoms with van der Waals surface area (Å²) in [5.74, 6) is 0. The lowest BCUT2D eigenvalue weighted by atomic mass is 9.87. The van der Waals surface area contributed by atoms with Crippen LogP contribution in [0.3, 0.4) is 0 Å². The second-order valence-corrected chi connectivity index (χ2v) is 7.06. The predicted molar refractivity (Wildman–Crippen MR) is 97.2 cm³/mol. The van der Waals surface area contributed by atoms with Crippen LogP contribution in [0.25, 0.3) is 0 Å². The fourth-order valence-electron chi connectivity index (χ4n) is 3.20.